The number of aromatic nitrogens is 4. The molecule has 0 aromatic carbocycles. The Hall–Kier alpha value is -1.67. The monoisotopic (exact) mass is 348 g/mol. The van der Waals surface area contributed by atoms with E-state index in [-0.39, 0.29) is 0 Å². The molecule has 1 saturated carbocycles. The number of nitrogens with zero attached hydrogens (tertiary/aromatic N) is 4. The van der Waals surface area contributed by atoms with Gasteiger partial charge in [-0.15, -0.1) is 31.7 Å². The van der Waals surface area contributed by atoms with Crippen molar-refractivity contribution in [3.63, 3.8) is 0 Å². The van der Waals surface area contributed by atoms with Crippen LogP contribution in [0.1, 0.15) is 49.8 Å². The maximum atomic E-state index is 5.78. The molecule has 1 fully saturated rings. The van der Waals surface area contributed by atoms with Crippen LogP contribution in [0, 0.1) is 0 Å². The molecular formula is C15H16N4O2S2. The first kappa shape index (κ1) is 14.9. The maximum Gasteiger partial charge on any atom is 0.277 e. The van der Waals surface area contributed by atoms with E-state index in [1.165, 1.54) is 31.0 Å². The lowest BCUT2D eigenvalue weighted by Crippen LogP contribution is -2.04. The third-order valence-corrected chi connectivity index (χ3v) is 5.56. The lowest BCUT2D eigenvalue weighted by atomic mass is 9.89. The van der Waals surface area contributed by atoms with Gasteiger partial charge in [0.25, 0.3) is 11.1 Å². The highest BCUT2D eigenvalue weighted by atomic mass is 32.2. The van der Waals surface area contributed by atoms with Crippen LogP contribution in [0.25, 0.3) is 10.8 Å². The fourth-order valence-electron chi connectivity index (χ4n) is 2.73. The largest absolute Gasteiger partial charge is 0.419 e. The molecule has 0 N–H and O–H groups in total. The molecule has 0 amide bonds. The minimum Gasteiger partial charge on any atom is -0.419 e. The van der Waals surface area contributed by atoms with Crippen LogP contribution in [0.3, 0.4) is 0 Å². The summed E-state index contributed by atoms with van der Waals surface area (Å²) in [6.07, 6.45) is 6.13. The Balaban J connectivity index is 1.37. The van der Waals surface area contributed by atoms with Crippen LogP contribution in [0.15, 0.2) is 31.6 Å². The van der Waals surface area contributed by atoms with E-state index in [0.717, 1.165) is 23.6 Å². The topological polar surface area (TPSA) is 77.8 Å². The average Bonchev–Trinajstić information content (AvgIpc) is 3.33. The Kier molecular flexibility index (Phi) is 4.43. The second kappa shape index (κ2) is 6.84. The quantitative estimate of drug-likeness (QED) is 0.627. The van der Waals surface area contributed by atoms with Gasteiger partial charge >= 0.3 is 0 Å². The highest BCUT2D eigenvalue weighted by Gasteiger charge is 2.21. The summed E-state index contributed by atoms with van der Waals surface area (Å²) in [6.45, 7) is 0. The van der Waals surface area contributed by atoms with Crippen LogP contribution in [0.5, 0.6) is 0 Å². The summed E-state index contributed by atoms with van der Waals surface area (Å²) in [4.78, 5) is 0.978. The van der Waals surface area contributed by atoms with Gasteiger partial charge in [0.2, 0.25) is 11.8 Å². The van der Waals surface area contributed by atoms with Crippen LogP contribution in [0.2, 0.25) is 0 Å². The zero-order valence-corrected chi connectivity index (χ0v) is 14.1. The smallest absolute Gasteiger partial charge is 0.277 e. The van der Waals surface area contributed by atoms with Crippen molar-refractivity contribution in [1.82, 2.24) is 20.4 Å². The molecule has 0 bridgehead atoms. The summed E-state index contributed by atoms with van der Waals surface area (Å²) in [5.41, 5.74) is 0. The molecule has 0 atom stereocenters. The SMILES string of the molecule is c1csc(-c2nnc(CSc3nnc(C4CCCCC4)o3)o2)c1. The van der Waals surface area contributed by atoms with E-state index in [4.69, 9.17) is 8.83 Å². The molecule has 120 valence electrons. The highest BCUT2D eigenvalue weighted by Crippen LogP contribution is 2.33. The standard InChI is InChI=1S/C15H16N4O2S2/c1-2-5-10(6-3-1)13-17-19-15(21-13)23-9-12-16-18-14(20-12)11-7-4-8-22-11/h4,7-8,10H,1-3,5-6,9H2. The predicted molar refractivity (Wildman–Crippen MR) is 87.3 cm³/mol. The Morgan fingerprint density at radius 1 is 1.09 bits per heavy atom. The summed E-state index contributed by atoms with van der Waals surface area (Å²) in [6, 6.07) is 3.92. The van der Waals surface area contributed by atoms with Gasteiger partial charge in [0.15, 0.2) is 0 Å². The molecule has 0 aliphatic heterocycles. The minimum atomic E-state index is 0.430. The number of rotatable bonds is 5. The Labute approximate surface area is 141 Å². The molecule has 0 saturated heterocycles. The van der Waals surface area contributed by atoms with Crippen molar-refractivity contribution in [2.45, 2.75) is 49.0 Å². The maximum absolute atomic E-state index is 5.78. The first-order valence-corrected chi connectivity index (χ1v) is 9.57. The van der Waals surface area contributed by atoms with Crippen LogP contribution < -0.4 is 0 Å². The van der Waals surface area contributed by atoms with Gasteiger partial charge in [0.1, 0.15) is 0 Å². The van der Waals surface area contributed by atoms with Gasteiger partial charge in [-0.1, -0.05) is 37.1 Å². The molecule has 0 unspecified atom stereocenters. The fraction of sp³-hybridized carbons (Fsp3) is 0.467. The van der Waals surface area contributed by atoms with E-state index in [9.17, 15) is 0 Å². The van der Waals surface area contributed by atoms with Crippen LogP contribution in [-0.2, 0) is 5.75 Å². The predicted octanol–water partition coefficient (Wildman–Crippen LogP) is 4.52. The molecule has 3 heterocycles. The Morgan fingerprint density at radius 3 is 2.83 bits per heavy atom. The van der Waals surface area contributed by atoms with Crippen molar-refractivity contribution < 1.29 is 8.83 Å². The number of thiophene rings is 1. The molecule has 0 radical (unpaired) electrons. The van der Waals surface area contributed by atoms with E-state index in [1.807, 2.05) is 17.5 Å². The molecule has 1 aliphatic carbocycles. The van der Waals surface area contributed by atoms with Crippen LogP contribution >= 0.6 is 23.1 Å². The second-order valence-electron chi connectivity index (χ2n) is 5.51. The molecule has 8 heteroatoms. The molecule has 4 rings (SSSR count). The van der Waals surface area contributed by atoms with Crippen molar-refractivity contribution in [3.05, 3.63) is 29.3 Å². The second-order valence-corrected chi connectivity index (χ2v) is 7.38. The number of hydrogen-bond donors (Lipinski definition) is 0. The van der Waals surface area contributed by atoms with Crippen molar-refractivity contribution in [3.8, 4) is 10.8 Å². The van der Waals surface area contributed by atoms with Crippen molar-refractivity contribution in [1.29, 1.82) is 0 Å². The lowest BCUT2D eigenvalue weighted by Gasteiger charge is -2.17. The lowest BCUT2D eigenvalue weighted by molar-refractivity contribution is 0.334. The van der Waals surface area contributed by atoms with Gasteiger partial charge in [0, 0.05) is 5.92 Å². The van der Waals surface area contributed by atoms with Crippen molar-refractivity contribution >= 4 is 23.1 Å². The fourth-order valence-corrected chi connectivity index (χ4v) is 3.98. The summed E-state index contributed by atoms with van der Waals surface area (Å²) in [7, 11) is 0. The normalized spacial score (nSPS) is 16.0. The third-order valence-electron chi connectivity index (χ3n) is 3.89. The summed E-state index contributed by atoms with van der Waals surface area (Å²) in [5, 5.41) is 19.0. The molecule has 6 nitrogen and oxygen atoms in total. The van der Waals surface area contributed by atoms with Gasteiger partial charge < -0.3 is 8.83 Å². The Morgan fingerprint density at radius 2 is 2.00 bits per heavy atom. The molecule has 3 aromatic rings. The van der Waals surface area contributed by atoms with E-state index in [1.54, 1.807) is 11.3 Å². The van der Waals surface area contributed by atoms with Crippen molar-refractivity contribution in [2.75, 3.05) is 0 Å². The molecule has 1 aliphatic rings. The number of hydrogen-bond acceptors (Lipinski definition) is 8. The summed E-state index contributed by atoms with van der Waals surface area (Å²) < 4.78 is 11.4. The highest BCUT2D eigenvalue weighted by molar-refractivity contribution is 7.98. The zero-order valence-electron chi connectivity index (χ0n) is 12.5. The van der Waals surface area contributed by atoms with Gasteiger partial charge in [0.05, 0.1) is 10.6 Å². The average molecular weight is 348 g/mol. The van der Waals surface area contributed by atoms with Gasteiger partial charge in [-0.3, -0.25) is 0 Å². The van der Waals surface area contributed by atoms with E-state index in [2.05, 4.69) is 20.4 Å². The summed E-state index contributed by atoms with van der Waals surface area (Å²) in [5.74, 6) is 2.86. The Bertz CT molecular complexity index is 747. The van der Waals surface area contributed by atoms with Crippen LogP contribution in [-0.4, -0.2) is 20.4 Å². The molecule has 23 heavy (non-hydrogen) atoms. The zero-order chi connectivity index (χ0) is 15.5. The molecular weight excluding hydrogens is 332 g/mol. The van der Waals surface area contributed by atoms with Crippen LogP contribution in [0.4, 0.5) is 0 Å². The van der Waals surface area contributed by atoms with E-state index < -0.39 is 0 Å². The summed E-state index contributed by atoms with van der Waals surface area (Å²) >= 11 is 3.01. The number of thioether (sulfide) groups is 1. The molecule has 0 spiro atoms. The van der Waals surface area contributed by atoms with E-state index in [0.29, 0.717) is 28.7 Å². The van der Waals surface area contributed by atoms with Gasteiger partial charge in [-0.2, -0.15) is 0 Å². The minimum absolute atomic E-state index is 0.430. The third kappa shape index (κ3) is 3.48. The van der Waals surface area contributed by atoms with Gasteiger partial charge in [-0.25, -0.2) is 0 Å². The van der Waals surface area contributed by atoms with E-state index >= 15 is 0 Å². The molecule has 3 aromatic heterocycles. The first-order valence-electron chi connectivity index (χ1n) is 7.71. The first-order chi connectivity index (χ1) is 11.4. The van der Waals surface area contributed by atoms with Gasteiger partial charge in [-0.05, 0) is 24.3 Å². The van der Waals surface area contributed by atoms with Crippen molar-refractivity contribution in [2.24, 2.45) is 0 Å².